The van der Waals surface area contributed by atoms with Gasteiger partial charge in [0.25, 0.3) is 5.91 Å². The standard InChI is InChI=1S/C24H32N4O2/c1-24(2,3)18-10-16-6-8-27(23(29)17-12-26-28(13-17)19-4-5-19)14-21(16)20(11-18)22-15-30-9-7-25-22/h10-13,19,22,25H,4-9,14-15H2,1-3H3/t22-/m0/s1. The van der Waals surface area contributed by atoms with Crippen molar-refractivity contribution in [1.29, 1.82) is 0 Å². The maximum Gasteiger partial charge on any atom is 0.257 e. The fourth-order valence-corrected chi connectivity index (χ4v) is 4.55. The Bertz CT molecular complexity index is 949. The van der Waals surface area contributed by atoms with Crippen LogP contribution in [0.1, 0.15) is 78.3 Å². The molecule has 1 atom stereocenters. The summed E-state index contributed by atoms with van der Waals surface area (Å²) in [6, 6.07) is 5.37. The average Bonchev–Trinajstić information content (AvgIpc) is 3.48. The first-order valence-corrected chi connectivity index (χ1v) is 11.2. The van der Waals surface area contributed by atoms with Gasteiger partial charge in [0.05, 0.1) is 37.1 Å². The Morgan fingerprint density at radius 3 is 2.80 bits per heavy atom. The van der Waals surface area contributed by atoms with E-state index < -0.39 is 0 Å². The number of hydrogen-bond donors (Lipinski definition) is 1. The van der Waals surface area contributed by atoms with Gasteiger partial charge in [0.15, 0.2) is 0 Å². The van der Waals surface area contributed by atoms with Gasteiger partial charge >= 0.3 is 0 Å². The molecule has 0 unspecified atom stereocenters. The molecule has 2 aromatic rings. The van der Waals surface area contributed by atoms with Crippen LogP contribution in [0.4, 0.5) is 0 Å². The van der Waals surface area contributed by atoms with Crippen LogP contribution in [0.5, 0.6) is 0 Å². The summed E-state index contributed by atoms with van der Waals surface area (Å²) in [6.07, 6.45) is 6.89. The van der Waals surface area contributed by atoms with Crippen LogP contribution in [-0.2, 0) is 23.1 Å². The Labute approximate surface area is 178 Å². The van der Waals surface area contributed by atoms with Gasteiger partial charge in [-0.05, 0) is 46.9 Å². The van der Waals surface area contributed by atoms with Crippen molar-refractivity contribution in [3.63, 3.8) is 0 Å². The maximum absolute atomic E-state index is 13.2. The highest BCUT2D eigenvalue weighted by molar-refractivity contribution is 5.94. The minimum atomic E-state index is 0.0870. The second-order valence-electron chi connectivity index (χ2n) is 9.95. The minimum Gasteiger partial charge on any atom is -0.378 e. The van der Waals surface area contributed by atoms with Gasteiger partial charge in [0.1, 0.15) is 0 Å². The van der Waals surface area contributed by atoms with E-state index in [1.54, 1.807) is 6.20 Å². The van der Waals surface area contributed by atoms with Crippen LogP contribution in [0, 0.1) is 0 Å². The number of fused-ring (bicyclic) bond motifs is 1. The zero-order valence-electron chi connectivity index (χ0n) is 18.3. The van der Waals surface area contributed by atoms with Gasteiger partial charge in [-0.2, -0.15) is 5.10 Å². The lowest BCUT2D eigenvalue weighted by Crippen LogP contribution is -2.39. The molecule has 6 nitrogen and oxygen atoms in total. The number of carbonyl (C=O) groups is 1. The Balaban J connectivity index is 1.45. The van der Waals surface area contributed by atoms with Gasteiger partial charge in [-0.25, -0.2) is 0 Å². The molecule has 0 radical (unpaired) electrons. The highest BCUT2D eigenvalue weighted by Crippen LogP contribution is 2.36. The molecule has 2 aliphatic heterocycles. The predicted molar refractivity (Wildman–Crippen MR) is 116 cm³/mol. The van der Waals surface area contributed by atoms with Gasteiger partial charge in [-0.1, -0.05) is 32.9 Å². The third kappa shape index (κ3) is 3.79. The largest absolute Gasteiger partial charge is 0.378 e. The van der Waals surface area contributed by atoms with E-state index in [2.05, 4.69) is 43.3 Å². The lowest BCUT2D eigenvalue weighted by atomic mass is 9.80. The molecule has 0 bridgehead atoms. The number of aromatic nitrogens is 2. The number of nitrogens with one attached hydrogen (secondary N) is 1. The maximum atomic E-state index is 13.2. The van der Waals surface area contributed by atoms with Gasteiger partial charge in [0.2, 0.25) is 0 Å². The molecular weight excluding hydrogens is 376 g/mol. The van der Waals surface area contributed by atoms with Gasteiger partial charge in [-0.15, -0.1) is 0 Å². The van der Waals surface area contributed by atoms with Crippen LogP contribution in [-0.4, -0.2) is 46.9 Å². The Kier molecular flexibility index (Phi) is 4.94. The summed E-state index contributed by atoms with van der Waals surface area (Å²) in [7, 11) is 0. The van der Waals surface area contributed by atoms with Gasteiger partial charge in [0, 0.05) is 25.8 Å². The SMILES string of the molecule is CC(C)(C)c1cc2c(c([C@@H]3COCCN3)c1)CN(C(=O)c1cnn(C3CC3)c1)CC2. The number of hydrogen-bond acceptors (Lipinski definition) is 4. The summed E-state index contributed by atoms with van der Waals surface area (Å²) >= 11 is 0. The molecule has 160 valence electrons. The first-order valence-electron chi connectivity index (χ1n) is 11.2. The first-order chi connectivity index (χ1) is 14.4. The highest BCUT2D eigenvalue weighted by Gasteiger charge is 2.31. The number of amides is 1. The molecule has 6 heteroatoms. The predicted octanol–water partition coefficient (Wildman–Crippen LogP) is 3.37. The Morgan fingerprint density at radius 2 is 2.10 bits per heavy atom. The monoisotopic (exact) mass is 408 g/mol. The van der Waals surface area contributed by atoms with Crippen molar-refractivity contribution in [1.82, 2.24) is 20.0 Å². The summed E-state index contributed by atoms with van der Waals surface area (Å²) in [5.41, 5.74) is 6.11. The fraction of sp³-hybridized carbons (Fsp3) is 0.583. The number of rotatable bonds is 3. The summed E-state index contributed by atoms with van der Waals surface area (Å²) in [4.78, 5) is 15.2. The zero-order chi connectivity index (χ0) is 20.9. The molecule has 0 spiro atoms. The fourth-order valence-electron chi connectivity index (χ4n) is 4.55. The molecule has 3 heterocycles. The zero-order valence-corrected chi connectivity index (χ0v) is 18.3. The van der Waals surface area contributed by atoms with Crippen molar-refractivity contribution in [2.45, 2.75) is 64.1 Å². The smallest absolute Gasteiger partial charge is 0.257 e. The van der Waals surface area contributed by atoms with E-state index in [1.807, 2.05) is 15.8 Å². The van der Waals surface area contributed by atoms with E-state index in [4.69, 9.17) is 4.74 Å². The van der Waals surface area contributed by atoms with Crippen molar-refractivity contribution in [3.05, 3.63) is 52.3 Å². The van der Waals surface area contributed by atoms with E-state index in [-0.39, 0.29) is 17.4 Å². The van der Waals surface area contributed by atoms with Crippen LogP contribution >= 0.6 is 0 Å². The average molecular weight is 409 g/mol. The molecule has 1 N–H and O–H groups in total. The Morgan fingerprint density at radius 1 is 1.27 bits per heavy atom. The molecular formula is C24H32N4O2. The lowest BCUT2D eigenvalue weighted by molar-refractivity contribution is 0.0715. The Hall–Kier alpha value is -2.18. The van der Waals surface area contributed by atoms with Crippen molar-refractivity contribution in [2.75, 3.05) is 26.3 Å². The van der Waals surface area contributed by atoms with E-state index in [9.17, 15) is 4.79 Å². The van der Waals surface area contributed by atoms with E-state index in [1.165, 1.54) is 35.1 Å². The van der Waals surface area contributed by atoms with E-state index >= 15 is 0 Å². The van der Waals surface area contributed by atoms with Crippen LogP contribution in [0.2, 0.25) is 0 Å². The lowest BCUT2D eigenvalue weighted by Gasteiger charge is -2.35. The van der Waals surface area contributed by atoms with Gasteiger partial charge < -0.3 is 15.0 Å². The summed E-state index contributed by atoms with van der Waals surface area (Å²) < 4.78 is 7.73. The summed E-state index contributed by atoms with van der Waals surface area (Å²) in [6.45, 7) is 10.5. The number of morpholine rings is 1. The van der Waals surface area contributed by atoms with Crippen LogP contribution < -0.4 is 5.32 Å². The molecule has 1 saturated carbocycles. The summed E-state index contributed by atoms with van der Waals surface area (Å²) in [5.74, 6) is 0.0891. The molecule has 1 aliphatic carbocycles. The third-order valence-corrected chi connectivity index (χ3v) is 6.60. The molecule has 1 amide bonds. The van der Waals surface area contributed by atoms with Crippen molar-refractivity contribution < 1.29 is 9.53 Å². The molecule has 1 saturated heterocycles. The van der Waals surface area contributed by atoms with Crippen molar-refractivity contribution in [2.24, 2.45) is 0 Å². The molecule has 30 heavy (non-hydrogen) atoms. The molecule has 1 aromatic heterocycles. The van der Waals surface area contributed by atoms with Crippen molar-refractivity contribution >= 4 is 5.91 Å². The first kappa shape index (κ1) is 19.8. The second-order valence-corrected chi connectivity index (χ2v) is 9.95. The second kappa shape index (κ2) is 7.50. The number of ether oxygens (including phenoxy) is 1. The van der Waals surface area contributed by atoms with Crippen LogP contribution in [0.15, 0.2) is 24.5 Å². The minimum absolute atomic E-state index is 0.0870. The number of benzene rings is 1. The molecule has 3 aliphatic rings. The third-order valence-electron chi connectivity index (χ3n) is 6.60. The molecule has 1 aromatic carbocycles. The highest BCUT2D eigenvalue weighted by atomic mass is 16.5. The van der Waals surface area contributed by atoms with Crippen LogP contribution in [0.3, 0.4) is 0 Å². The molecule has 5 rings (SSSR count). The van der Waals surface area contributed by atoms with E-state index in [0.29, 0.717) is 24.8 Å². The summed E-state index contributed by atoms with van der Waals surface area (Å²) in [5, 5.41) is 8.03. The van der Waals surface area contributed by atoms with Gasteiger partial charge in [-0.3, -0.25) is 9.48 Å². The van der Waals surface area contributed by atoms with E-state index in [0.717, 1.165) is 26.1 Å². The van der Waals surface area contributed by atoms with Crippen molar-refractivity contribution in [3.8, 4) is 0 Å². The number of carbonyl (C=O) groups excluding carboxylic acids is 1. The normalized spacial score (nSPS) is 22.1. The number of nitrogens with zero attached hydrogens (tertiary/aromatic N) is 3. The topological polar surface area (TPSA) is 59.4 Å². The van der Waals surface area contributed by atoms with Crippen LogP contribution in [0.25, 0.3) is 0 Å². The molecule has 2 fully saturated rings. The quantitative estimate of drug-likeness (QED) is 0.846.